The number of alkyl halides is 3. The Bertz CT molecular complexity index is 572. The standard InChI is InChI=1S/C13H13F3N2O3/c14-13(15,16)10-7-8(1-2-9(10)12(20)21)18-5-3-11(19)17-4-6-18/h1-2,7H,3-6H2,(H,17,19)(H,20,21). The van der Waals surface area contributed by atoms with E-state index in [0.717, 1.165) is 12.1 Å². The first-order chi connectivity index (χ1) is 9.79. The largest absolute Gasteiger partial charge is 0.478 e. The van der Waals surface area contributed by atoms with Crippen molar-refractivity contribution in [3.05, 3.63) is 29.3 Å². The van der Waals surface area contributed by atoms with Crippen LogP contribution in [0.25, 0.3) is 0 Å². The number of halogens is 3. The Balaban J connectivity index is 2.37. The molecule has 1 amide bonds. The summed E-state index contributed by atoms with van der Waals surface area (Å²) in [6.07, 6.45) is -4.56. The second-order valence-corrected chi connectivity index (χ2v) is 4.62. The highest BCUT2D eigenvalue weighted by atomic mass is 19.4. The lowest BCUT2D eigenvalue weighted by Gasteiger charge is -2.23. The van der Waals surface area contributed by atoms with Crippen molar-refractivity contribution in [2.75, 3.05) is 24.5 Å². The first kappa shape index (κ1) is 15.1. The average Bonchev–Trinajstić information content (AvgIpc) is 2.62. The summed E-state index contributed by atoms with van der Waals surface area (Å²) in [6.45, 7) is 0.992. The molecule has 1 aliphatic rings. The average molecular weight is 302 g/mol. The van der Waals surface area contributed by atoms with Crippen LogP contribution in [0.3, 0.4) is 0 Å². The van der Waals surface area contributed by atoms with Gasteiger partial charge < -0.3 is 15.3 Å². The van der Waals surface area contributed by atoms with Crippen LogP contribution in [0.2, 0.25) is 0 Å². The van der Waals surface area contributed by atoms with Crippen LogP contribution in [0.1, 0.15) is 22.3 Å². The van der Waals surface area contributed by atoms with Crippen LogP contribution in [-0.4, -0.2) is 36.6 Å². The SMILES string of the molecule is O=C1CCN(c2ccc(C(=O)O)c(C(F)(F)F)c2)CCN1. The number of hydrogen-bond acceptors (Lipinski definition) is 3. The van der Waals surface area contributed by atoms with Gasteiger partial charge >= 0.3 is 12.1 Å². The van der Waals surface area contributed by atoms with E-state index in [1.54, 1.807) is 4.90 Å². The number of nitrogens with zero attached hydrogens (tertiary/aromatic N) is 1. The Morgan fingerprint density at radius 2 is 2.00 bits per heavy atom. The highest BCUT2D eigenvalue weighted by molar-refractivity contribution is 5.90. The van der Waals surface area contributed by atoms with E-state index in [1.807, 2.05) is 0 Å². The molecule has 0 aromatic heterocycles. The van der Waals surface area contributed by atoms with E-state index in [1.165, 1.54) is 6.07 Å². The molecular formula is C13H13F3N2O3. The molecule has 0 aliphatic carbocycles. The lowest BCUT2D eigenvalue weighted by Crippen LogP contribution is -2.28. The molecule has 0 radical (unpaired) electrons. The summed E-state index contributed by atoms with van der Waals surface area (Å²) in [5, 5.41) is 11.5. The summed E-state index contributed by atoms with van der Waals surface area (Å²) in [4.78, 5) is 23.7. The molecule has 1 heterocycles. The normalized spacial score (nSPS) is 16.3. The van der Waals surface area contributed by atoms with Crippen molar-refractivity contribution < 1.29 is 27.9 Å². The number of aromatic carboxylic acids is 1. The maximum absolute atomic E-state index is 12.9. The number of benzene rings is 1. The van der Waals surface area contributed by atoms with Crippen LogP contribution in [-0.2, 0) is 11.0 Å². The van der Waals surface area contributed by atoms with Gasteiger partial charge in [0.25, 0.3) is 0 Å². The van der Waals surface area contributed by atoms with Crippen LogP contribution in [0.4, 0.5) is 18.9 Å². The molecule has 8 heteroatoms. The molecule has 2 rings (SSSR count). The van der Waals surface area contributed by atoms with E-state index in [4.69, 9.17) is 5.11 Å². The summed E-state index contributed by atoms with van der Waals surface area (Å²) in [5.41, 5.74) is -1.71. The van der Waals surface area contributed by atoms with Crippen molar-refractivity contribution in [2.24, 2.45) is 0 Å². The molecule has 1 aliphatic heterocycles. The fourth-order valence-electron chi connectivity index (χ4n) is 2.18. The van der Waals surface area contributed by atoms with Crippen molar-refractivity contribution in [1.29, 1.82) is 0 Å². The van der Waals surface area contributed by atoms with Gasteiger partial charge in [-0.2, -0.15) is 13.2 Å². The van der Waals surface area contributed by atoms with E-state index >= 15 is 0 Å². The summed E-state index contributed by atoms with van der Waals surface area (Å²) in [6, 6.07) is 3.09. The van der Waals surface area contributed by atoms with Crippen LogP contribution in [0.5, 0.6) is 0 Å². The zero-order valence-electron chi connectivity index (χ0n) is 10.9. The molecule has 1 aromatic carbocycles. The molecule has 0 bridgehead atoms. The predicted octanol–water partition coefficient (Wildman–Crippen LogP) is 1.73. The third kappa shape index (κ3) is 3.45. The second kappa shape index (κ2) is 5.63. The number of carboxylic acid groups (broad SMARTS) is 1. The first-order valence-electron chi connectivity index (χ1n) is 6.25. The summed E-state index contributed by atoms with van der Waals surface area (Å²) >= 11 is 0. The van der Waals surface area contributed by atoms with Crippen molar-refractivity contribution in [3.63, 3.8) is 0 Å². The van der Waals surface area contributed by atoms with Crippen molar-refractivity contribution in [2.45, 2.75) is 12.6 Å². The van der Waals surface area contributed by atoms with E-state index in [0.29, 0.717) is 13.1 Å². The van der Waals surface area contributed by atoms with Gasteiger partial charge in [0.1, 0.15) is 0 Å². The minimum Gasteiger partial charge on any atom is -0.478 e. The minimum absolute atomic E-state index is 0.157. The third-order valence-corrected chi connectivity index (χ3v) is 3.22. The monoisotopic (exact) mass is 302 g/mol. The van der Waals surface area contributed by atoms with Gasteiger partial charge in [0.15, 0.2) is 0 Å². The van der Waals surface area contributed by atoms with Gasteiger partial charge in [-0.05, 0) is 18.2 Å². The Hall–Kier alpha value is -2.25. The Labute approximate surface area is 118 Å². The molecule has 1 aromatic rings. The fourth-order valence-corrected chi connectivity index (χ4v) is 2.18. The number of carbonyl (C=O) groups excluding carboxylic acids is 1. The number of carbonyl (C=O) groups is 2. The Morgan fingerprint density at radius 1 is 1.29 bits per heavy atom. The third-order valence-electron chi connectivity index (χ3n) is 3.22. The molecule has 0 spiro atoms. The zero-order chi connectivity index (χ0) is 15.6. The van der Waals surface area contributed by atoms with Gasteiger partial charge in [-0.15, -0.1) is 0 Å². The molecule has 0 unspecified atom stereocenters. The fraction of sp³-hybridized carbons (Fsp3) is 0.385. The van der Waals surface area contributed by atoms with Gasteiger partial charge in [0, 0.05) is 31.7 Å². The summed E-state index contributed by atoms with van der Waals surface area (Å²) in [5.74, 6) is -1.78. The predicted molar refractivity (Wildman–Crippen MR) is 68.2 cm³/mol. The highest BCUT2D eigenvalue weighted by Crippen LogP contribution is 2.34. The zero-order valence-corrected chi connectivity index (χ0v) is 10.9. The van der Waals surface area contributed by atoms with Gasteiger partial charge in [0.2, 0.25) is 5.91 Å². The Kier molecular flexibility index (Phi) is 4.06. The van der Waals surface area contributed by atoms with E-state index in [9.17, 15) is 22.8 Å². The maximum Gasteiger partial charge on any atom is 0.417 e. The summed E-state index contributed by atoms with van der Waals surface area (Å²) in [7, 11) is 0. The molecule has 2 N–H and O–H groups in total. The van der Waals surface area contributed by atoms with Gasteiger partial charge in [-0.1, -0.05) is 0 Å². The lowest BCUT2D eigenvalue weighted by atomic mass is 10.1. The number of amides is 1. The van der Waals surface area contributed by atoms with Gasteiger partial charge in [0.05, 0.1) is 11.1 Å². The lowest BCUT2D eigenvalue weighted by molar-refractivity contribution is -0.138. The van der Waals surface area contributed by atoms with Gasteiger partial charge in [-0.3, -0.25) is 4.79 Å². The Morgan fingerprint density at radius 3 is 2.62 bits per heavy atom. The molecule has 114 valence electrons. The van der Waals surface area contributed by atoms with E-state index in [2.05, 4.69) is 5.32 Å². The van der Waals surface area contributed by atoms with Gasteiger partial charge in [-0.25, -0.2) is 4.79 Å². The van der Waals surface area contributed by atoms with Crippen molar-refractivity contribution in [1.82, 2.24) is 5.32 Å². The van der Waals surface area contributed by atoms with Crippen LogP contribution >= 0.6 is 0 Å². The quantitative estimate of drug-likeness (QED) is 0.873. The molecule has 21 heavy (non-hydrogen) atoms. The number of nitrogens with one attached hydrogen (secondary N) is 1. The van der Waals surface area contributed by atoms with Crippen LogP contribution in [0.15, 0.2) is 18.2 Å². The molecule has 0 atom stereocenters. The second-order valence-electron chi connectivity index (χ2n) is 4.62. The van der Waals surface area contributed by atoms with Crippen molar-refractivity contribution >= 4 is 17.6 Å². The number of carboxylic acids is 1. The van der Waals surface area contributed by atoms with Crippen molar-refractivity contribution in [3.8, 4) is 0 Å². The van der Waals surface area contributed by atoms with E-state index < -0.39 is 23.3 Å². The minimum atomic E-state index is -4.75. The number of rotatable bonds is 2. The number of anilines is 1. The van der Waals surface area contributed by atoms with Crippen LogP contribution < -0.4 is 10.2 Å². The molecular weight excluding hydrogens is 289 g/mol. The molecule has 1 fully saturated rings. The first-order valence-corrected chi connectivity index (χ1v) is 6.25. The summed E-state index contributed by atoms with van der Waals surface area (Å²) < 4.78 is 38.8. The maximum atomic E-state index is 12.9. The topological polar surface area (TPSA) is 69.6 Å². The van der Waals surface area contributed by atoms with E-state index in [-0.39, 0.29) is 24.6 Å². The molecule has 0 saturated carbocycles. The van der Waals surface area contributed by atoms with Crippen LogP contribution in [0, 0.1) is 0 Å². The highest BCUT2D eigenvalue weighted by Gasteiger charge is 2.36. The molecule has 5 nitrogen and oxygen atoms in total. The molecule has 1 saturated heterocycles. The smallest absolute Gasteiger partial charge is 0.417 e. The number of hydrogen-bond donors (Lipinski definition) is 2.